The molecular formula is C11H20N2O2. The van der Waals surface area contributed by atoms with Crippen LogP contribution in [0.25, 0.3) is 0 Å². The average Bonchev–Trinajstić information content (AvgIpc) is 2.55. The molecule has 2 amide bonds. The van der Waals surface area contributed by atoms with Gasteiger partial charge in [-0.15, -0.1) is 0 Å². The predicted octanol–water partition coefficient (Wildman–Crippen LogP) is 0.867. The maximum Gasteiger partial charge on any atom is 0.229 e. The molecule has 0 aliphatic carbocycles. The van der Waals surface area contributed by atoms with E-state index in [1.165, 1.54) is 4.90 Å². The second-order valence-electron chi connectivity index (χ2n) is 3.82. The zero-order valence-corrected chi connectivity index (χ0v) is 9.66. The summed E-state index contributed by atoms with van der Waals surface area (Å²) in [7, 11) is 0. The normalized spacial score (nSPS) is 16.9. The highest BCUT2D eigenvalue weighted by atomic mass is 16.2. The molecule has 0 unspecified atom stereocenters. The molecule has 1 rings (SSSR count). The van der Waals surface area contributed by atoms with Gasteiger partial charge in [0.1, 0.15) is 0 Å². The molecule has 1 aliphatic heterocycles. The Bertz CT molecular complexity index is 221. The lowest BCUT2D eigenvalue weighted by atomic mass is 10.3. The third-order valence-electron chi connectivity index (χ3n) is 2.91. The van der Waals surface area contributed by atoms with Crippen LogP contribution in [0, 0.1) is 0 Å². The Labute approximate surface area is 91.2 Å². The Morgan fingerprint density at radius 2 is 1.67 bits per heavy atom. The molecule has 15 heavy (non-hydrogen) atoms. The summed E-state index contributed by atoms with van der Waals surface area (Å²) in [5.74, 6) is -0.000839. The van der Waals surface area contributed by atoms with Crippen LogP contribution in [0.15, 0.2) is 0 Å². The number of nitrogens with zero attached hydrogens (tertiary/aromatic N) is 2. The van der Waals surface area contributed by atoms with Crippen LogP contribution >= 0.6 is 0 Å². The Morgan fingerprint density at radius 1 is 1.13 bits per heavy atom. The molecule has 0 radical (unpaired) electrons. The highest BCUT2D eigenvalue weighted by Crippen LogP contribution is 2.11. The monoisotopic (exact) mass is 212 g/mol. The Balaban J connectivity index is 2.24. The largest absolute Gasteiger partial charge is 0.304 e. The number of carbonyl (C=O) groups excluding carboxylic acids is 2. The van der Waals surface area contributed by atoms with Crippen molar-refractivity contribution in [1.82, 2.24) is 9.80 Å². The van der Waals surface area contributed by atoms with Crippen molar-refractivity contribution in [2.24, 2.45) is 0 Å². The van der Waals surface area contributed by atoms with Crippen LogP contribution in [0.2, 0.25) is 0 Å². The standard InChI is InChI=1S/C11H20N2O2/c1-3-12(4-2)8-5-9-13-10(14)6-7-11(13)15/h3-9H2,1-2H3. The maximum atomic E-state index is 11.3. The van der Waals surface area contributed by atoms with E-state index in [1.54, 1.807) is 0 Å². The lowest BCUT2D eigenvalue weighted by Gasteiger charge is -2.20. The van der Waals surface area contributed by atoms with Crippen LogP contribution in [-0.4, -0.2) is 47.8 Å². The molecule has 4 nitrogen and oxygen atoms in total. The van der Waals surface area contributed by atoms with Crippen molar-refractivity contribution in [1.29, 1.82) is 0 Å². The van der Waals surface area contributed by atoms with E-state index < -0.39 is 0 Å². The third-order valence-corrected chi connectivity index (χ3v) is 2.91. The summed E-state index contributed by atoms with van der Waals surface area (Å²) in [5.41, 5.74) is 0. The highest BCUT2D eigenvalue weighted by Gasteiger charge is 2.27. The van der Waals surface area contributed by atoms with E-state index >= 15 is 0 Å². The molecule has 0 aromatic carbocycles. The lowest BCUT2D eigenvalue weighted by molar-refractivity contribution is -0.138. The summed E-state index contributed by atoms with van der Waals surface area (Å²) >= 11 is 0. The molecule has 0 aromatic rings. The molecule has 1 saturated heterocycles. The van der Waals surface area contributed by atoms with Gasteiger partial charge in [-0.25, -0.2) is 0 Å². The SMILES string of the molecule is CCN(CC)CCCN1C(=O)CCC1=O. The number of carbonyl (C=O) groups is 2. The molecule has 86 valence electrons. The second-order valence-corrected chi connectivity index (χ2v) is 3.82. The zero-order valence-electron chi connectivity index (χ0n) is 9.66. The Kier molecular flexibility index (Phi) is 4.75. The van der Waals surface area contributed by atoms with Gasteiger partial charge in [0.15, 0.2) is 0 Å². The van der Waals surface area contributed by atoms with Crippen molar-refractivity contribution in [3.8, 4) is 0 Å². The minimum atomic E-state index is -0.000420. The summed E-state index contributed by atoms with van der Waals surface area (Å²) in [6.45, 7) is 7.85. The third kappa shape index (κ3) is 3.30. The first-order valence-electron chi connectivity index (χ1n) is 5.74. The molecule has 0 saturated carbocycles. The smallest absolute Gasteiger partial charge is 0.229 e. The van der Waals surface area contributed by atoms with E-state index in [1.807, 2.05) is 0 Å². The van der Waals surface area contributed by atoms with Gasteiger partial charge in [-0.3, -0.25) is 14.5 Å². The molecule has 0 bridgehead atoms. The molecular weight excluding hydrogens is 192 g/mol. The summed E-state index contributed by atoms with van der Waals surface area (Å²) in [6.07, 6.45) is 1.70. The van der Waals surface area contributed by atoms with Crippen molar-refractivity contribution in [3.05, 3.63) is 0 Å². The van der Waals surface area contributed by atoms with E-state index in [0.29, 0.717) is 19.4 Å². The first-order chi connectivity index (χ1) is 7.19. The summed E-state index contributed by atoms with van der Waals surface area (Å²) in [5, 5.41) is 0. The quantitative estimate of drug-likeness (QED) is 0.613. The molecule has 0 aromatic heterocycles. The van der Waals surface area contributed by atoms with Crippen LogP contribution < -0.4 is 0 Å². The number of amides is 2. The van der Waals surface area contributed by atoms with Crippen molar-refractivity contribution in [2.75, 3.05) is 26.2 Å². The number of hydrogen-bond donors (Lipinski definition) is 0. The number of likely N-dealkylation sites (tertiary alicyclic amines) is 1. The summed E-state index contributed by atoms with van der Waals surface area (Å²) in [4.78, 5) is 26.3. The Hall–Kier alpha value is -0.900. The molecule has 0 atom stereocenters. The molecule has 0 spiro atoms. The van der Waals surface area contributed by atoms with E-state index in [0.717, 1.165) is 26.1 Å². The number of imide groups is 1. The Morgan fingerprint density at radius 3 is 2.13 bits per heavy atom. The van der Waals surface area contributed by atoms with E-state index in [-0.39, 0.29) is 11.8 Å². The van der Waals surface area contributed by atoms with Crippen molar-refractivity contribution in [3.63, 3.8) is 0 Å². The zero-order chi connectivity index (χ0) is 11.3. The van der Waals surface area contributed by atoms with Crippen LogP contribution in [0.4, 0.5) is 0 Å². The van der Waals surface area contributed by atoms with Gasteiger partial charge >= 0.3 is 0 Å². The van der Waals surface area contributed by atoms with Gasteiger partial charge in [-0.2, -0.15) is 0 Å². The van der Waals surface area contributed by atoms with E-state index in [4.69, 9.17) is 0 Å². The van der Waals surface area contributed by atoms with Gasteiger partial charge in [0.25, 0.3) is 0 Å². The van der Waals surface area contributed by atoms with Gasteiger partial charge in [-0.1, -0.05) is 13.8 Å². The van der Waals surface area contributed by atoms with Gasteiger partial charge in [0.05, 0.1) is 0 Å². The molecule has 0 N–H and O–H groups in total. The molecule has 1 aliphatic rings. The predicted molar refractivity (Wildman–Crippen MR) is 58.4 cm³/mol. The lowest BCUT2D eigenvalue weighted by Crippen LogP contribution is -2.33. The topological polar surface area (TPSA) is 40.6 Å². The van der Waals surface area contributed by atoms with Crippen LogP contribution in [0.5, 0.6) is 0 Å². The fraction of sp³-hybridized carbons (Fsp3) is 0.818. The van der Waals surface area contributed by atoms with Gasteiger partial charge in [0.2, 0.25) is 11.8 Å². The minimum Gasteiger partial charge on any atom is -0.304 e. The first kappa shape index (κ1) is 12.2. The molecule has 1 heterocycles. The van der Waals surface area contributed by atoms with Gasteiger partial charge in [0, 0.05) is 19.4 Å². The van der Waals surface area contributed by atoms with Crippen molar-refractivity contribution >= 4 is 11.8 Å². The van der Waals surface area contributed by atoms with Crippen LogP contribution in [0.1, 0.15) is 33.1 Å². The number of hydrogen-bond acceptors (Lipinski definition) is 3. The fourth-order valence-electron chi connectivity index (χ4n) is 1.86. The van der Waals surface area contributed by atoms with E-state index in [2.05, 4.69) is 18.7 Å². The van der Waals surface area contributed by atoms with Crippen molar-refractivity contribution < 1.29 is 9.59 Å². The first-order valence-corrected chi connectivity index (χ1v) is 5.74. The fourth-order valence-corrected chi connectivity index (χ4v) is 1.86. The van der Waals surface area contributed by atoms with Gasteiger partial charge in [-0.05, 0) is 26.1 Å². The highest BCUT2D eigenvalue weighted by molar-refractivity contribution is 6.01. The average molecular weight is 212 g/mol. The number of rotatable bonds is 6. The van der Waals surface area contributed by atoms with Crippen LogP contribution in [0.3, 0.4) is 0 Å². The minimum absolute atomic E-state index is 0.000420. The summed E-state index contributed by atoms with van der Waals surface area (Å²) in [6, 6.07) is 0. The summed E-state index contributed by atoms with van der Waals surface area (Å²) < 4.78 is 0. The van der Waals surface area contributed by atoms with Crippen molar-refractivity contribution in [2.45, 2.75) is 33.1 Å². The molecule has 1 fully saturated rings. The van der Waals surface area contributed by atoms with Gasteiger partial charge < -0.3 is 4.90 Å². The molecule has 4 heteroatoms. The second kappa shape index (κ2) is 5.85. The maximum absolute atomic E-state index is 11.3. The van der Waals surface area contributed by atoms with E-state index in [9.17, 15) is 9.59 Å². The van der Waals surface area contributed by atoms with Crippen LogP contribution in [-0.2, 0) is 9.59 Å².